The summed E-state index contributed by atoms with van der Waals surface area (Å²) in [5.74, 6) is 2.79. The summed E-state index contributed by atoms with van der Waals surface area (Å²) in [6, 6.07) is 26.1. The van der Waals surface area contributed by atoms with Crippen LogP contribution >= 0.6 is 0 Å². The van der Waals surface area contributed by atoms with Crippen LogP contribution in [0.25, 0.3) is 0 Å². The lowest BCUT2D eigenvalue weighted by molar-refractivity contribution is -0.131. The molecule has 2 aliphatic carbocycles. The molecular weight excluding hydrogens is 508 g/mol. The molecule has 4 nitrogen and oxygen atoms in total. The fourth-order valence-corrected chi connectivity index (χ4v) is 6.11. The SMILES string of the molecule is CC1CCC(c2ccc(C(=O)OC(COC=O)c3ccccc3)cc2)CC1.Cc1ccc(C2CCC(C)CC2)cc1. The fourth-order valence-electron chi connectivity index (χ4n) is 6.11. The van der Waals surface area contributed by atoms with Gasteiger partial charge in [0.1, 0.15) is 6.61 Å². The van der Waals surface area contributed by atoms with Crippen LogP contribution in [0.2, 0.25) is 0 Å². The number of hydrogen-bond acceptors (Lipinski definition) is 4. The quantitative estimate of drug-likeness (QED) is 0.206. The molecule has 5 rings (SSSR count). The van der Waals surface area contributed by atoms with Gasteiger partial charge < -0.3 is 9.47 Å². The number of hydrogen-bond donors (Lipinski definition) is 0. The Morgan fingerprint density at radius 2 is 1.22 bits per heavy atom. The van der Waals surface area contributed by atoms with Crippen LogP contribution < -0.4 is 0 Å². The second kappa shape index (κ2) is 15.6. The van der Waals surface area contributed by atoms with E-state index >= 15 is 0 Å². The molecule has 0 heterocycles. The topological polar surface area (TPSA) is 52.6 Å². The number of esters is 1. The molecule has 0 spiro atoms. The van der Waals surface area contributed by atoms with Crippen LogP contribution in [0.15, 0.2) is 78.9 Å². The first-order chi connectivity index (χ1) is 19.9. The maximum Gasteiger partial charge on any atom is 0.338 e. The Balaban J connectivity index is 0.000000231. The van der Waals surface area contributed by atoms with Crippen molar-refractivity contribution >= 4 is 12.4 Å². The second-order valence-electron chi connectivity index (χ2n) is 12.2. The van der Waals surface area contributed by atoms with Gasteiger partial charge in [-0.2, -0.15) is 0 Å². The summed E-state index contributed by atoms with van der Waals surface area (Å²) >= 11 is 0. The summed E-state index contributed by atoms with van der Waals surface area (Å²) in [5.41, 5.74) is 5.53. The van der Waals surface area contributed by atoms with Crippen LogP contribution in [0.1, 0.15) is 116 Å². The highest BCUT2D eigenvalue weighted by atomic mass is 16.6. The van der Waals surface area contributed by atoms with Crippen molar-refractivity contribution in [3.05, 3.63) is 107 Å². The van der Waals surface area contributed by atoms with E-state index in [2.05, 4.69) is 45.0 Å². The molecule has 0 N–H and O–H groups in total. The van der Waals surface area contributed by atoms with E-state index in [0.29, 0.717) is 18.0 Å². The minimum absolute atomic E-state index is 0.00239. The number of carbonyl (C=O) groups excluding carboxylic acids is 2. The van der Waals surface area contributed by atoms with Crippen LogP contribution in [0.5, 0.6) is 0 Å². The zero-order chi connectivity index (χ0) is 29.0. The molecule has 3 aromatic carbocycles. The molecule has 0 saturated heterocycles. The van der Waals surface area contributed by atoms with Crippen LogP contribution in [0.4, 0.5) is 0 Å². The van der Waals surface area contributed by atoms with E-state index in [0.717, 1.165) is 23.3 Å². The molecule has 2 fully saturated rings. The summed E-state index contributed by atoms with van der Waals surface area (Å²) in [7, 11) is 0. The van der Waals surface area contributed by atoms with E-state index in [9.17, 15) is 9.59 Å². The molecule has 1 atom stereocenters. The van der Waals surface area contributed by atoms with Crippen molar-refractivity contribution in [2.75, 3.05) is 6.61 Å². The predicted molar refractivity (Wildman–Crippen MR) is 165 cm³/mol. The summed E-state index contributed by atoms with van der Waals surface area (Å²) in [6.07, 6.45) is 9.96. The molecule has 41 heavy (non-hydrogen) atoms. The minimum atomic E-state index is -0.622. The van der Waals surface area contributed by atoms with Gasteiger partial charge in [0.2, 0.25) is 0 Å². The molecule has 2 saturated carbocycles. The average molecular weight is 555 g/mol. The van der Waals surface area contributed by atoms with Crippen molar-refractivity contribution in [3.63, 3.8) is 0 Å². The Morgan fingerprint density at radius 3 is 1.71 bits per heavy atom. The molecule has 0 radical (unpaired) electrons. The molecule has 0 aromatic heterocycles. The van der Waals surface area contributed by atoms with Gasteiger partial charge in [-0.25, -0.2) is 4.79 Å². The lowest BCUT2D eigenvalue weighted by Gasteiger charge is -2.26. The van der Waals surface area contributed by atoms with Crippen LogP contribution in [-0.4, -0.2) is 19.0 Å². The molecule has 0 aliphatic heterocycles. The molecular formula is C37H46O4. The molecule has 0 amide bonds. The van der Waals surface area contributed by atoms with Crippen LogP contribution in [-0.2, 0) is 14.3 Å². The van der Waals surface area contributed by atoms with E-state index in [1.165, 1.54) is 62.5 Å². The smallest absolute Gasteiger partial charge is 0.338 e. The second-order valence-corrected chi connectivity index (χ2v) is 12.2. The maximum atomic E-state index is 12.6. The van der Waals surface area contributed by atoms with E-state index in [1.54, 1.807) is 5.56 Å². The van der Waals surface area contributed by atoms with Gasteiger partial charge >= 0.3 is 5.97 Å². The Hall–Kier alpha value is -3.40. The lowest BCUT2D eigenvalue weighted by atomic mass is 9.79. The summed E-state index contributed by atoms with van der Waals surface area (Å²) in [6.45, 7) is 7.21. The highest BCUT2D eigenvalue weighted by Crippen LogP contribution is 2.36. The van der Waals surface area contributed by atoms with E-state index in [1.807, 2.05) is 54.6 Å². The van der Waals surface area contributed by atoms with Gasteiger partial charge in [-0.15, -0.1) is 0 Å². The largest absolute Gasteiger partial charge is 0.464 e. The molecule has 1 unspecified atom stereocenters. The van der Waals surface area contributed by atoms with Crippen molar-refractivity contribution in [2.24, 2.45) is 11.8 Å². The third kappa shape index (κ3) is 9.31. The standard InChI is InChI=1S/C23H26O4.C14H20/c1-17-7-9-18(10-8-17)19-11-13-21(14-12-19)23(25)27-22(15-26-16-24)20-5-3-2-4-6-20;1-11-3-7-13(8-4-11)14-9-5-12(2)6-10-14/h2-6,11-14,16-18,22H,7-10,15H2,1H3;3-4,7-8,12,14H,5-6,9-10H2,1-2H3. The molecule has 4 heteroatoms. The van der Waals surface area contributed by atoms with Crippen molar-refractivity contribution in [2.45, 2.75) is 90.1 Å². The number of benzene rings is 3. The van der Waals surface area contributed by atoms with E-state index in [4.69, 9.17) is 9.47 Å². The third-order valence-electron chi connectivity index (χ3n) is 8.93. The zero-order valence-corrected chi connectivity index (χ0v) is 25.0. The van der Waals surface area contributed by atoms with E-state index < -0.39 is 12.1 Å². The lowest BCUT2D eigenvalue weighted by Crippen LogP contribution is -2.17. The van der Waals surface area contributed by atoms with Gasteiger partial charge in [-0.1, -0.05) is 112 Å². The number of carbonyl (C=O) groups is 2. The first kappa shape index (κ1) is 30.6. The predicted octanol–water partition coefficient (Wildman–Crippen LogP) is 9.34. The highest BCUT2D eigenvalue weighted by molar-refractivity contribution is 5.89. The maximum absolute atomic E-state index is 12.6. The van der Waals surface area contributed by atoms with Crippen molar-refractivity contribution in [1.82, 2.24) is 0 Å². The number of aryl methyl sites for hydroxylation is 1. The third-order valence-corrected chi connectivity index (χ3v) is 8.93. The van der Waals surface area contributed by atoms with E-state index in [-0.39, 0.29) is 6.61 Å². The Bertz CT molecular complexity index is 1190. The summed E-state index contributed by atoms with van der Waals surface area (Å²) in [4.78, 5) is 23.1. The first-order valence-electron chi connectivity index (χ1n) is 15.4. The summed E-state index contributed by atoms with van der Waals surface area (Å²) in [5, 5.41) is 0. The Morgan fingerprint density at radius 1 is 0.732 bits per heavy atom. The molecule has 0 bridgehead atoms. The van der Waals surface area contributed by atoms with Crippen molar-refractivity contribution < 1.29 is 19.1 Å². The molecule has 3 aromatic rings. The zero-order valence-electron chi connectivity index (χ0n) is 25.0. The van der Waals surface area contributed by atoms with Crippen molar-refractivity contribution in [1.29, 1.82) is 0 Å². The first-order valence-corrected chi connectivity index (χ1v) is 15.4. The normalized spacial score (nSPS) is 22.9. The van der Waals surface area contributed by atoms with Crippen LogP contribution in [0.3, 0.4) is 0 Å². The minimum Gasteiger partial charge on any atom is -0.464 e. The monoisotopic (exact) mass is 554 g/mol. The average Bonchev–Trinajstić information content (AvgIpc) is 3.01. The van der Waals surface area contributed by atoms with Gasteiger partial charge in [0.05, 0.1) is 5.56 Å². The molecule has 2 aliphatic rings. The van der Waals surface area contributed by atoms with Gasteiger partial charge in [0, 0.05) is 0 Å². The van der Waals surface area contributed by atoms with Gasteiger partial charge in [-0.3, -0.25) is 4.79 Å². The van der Waals surface area contributed by atoms with Gasteiger partial charge in [0.25, 0.3) is 6.47 Å². The Labute approximate surface area is 246 Å². The van der Waals surface area contributed by atoms with Gasteiger partial charge in [0.15, 0.2) is 6.10 Å². The number of ether oxygens (including phenoxy) is 2. The van der Waals surface area contributed by atoms with Crippen LogP contribution in [0, 0.1) is 18.8 Å². The summed E-state index contributed by atoms with van der Waals surface area (Å²) < 4.78 is 10.4. The highest BCUT2D eigenvalue weighted by Gasteiger charge is 2.22. The Kier molecular flexibility index (Phi) is 11.6. The number of rotatable bonds is 8. The molecule has 218 valence electrons. The van der Waals surface area contributed by atoms with Gasteiger partial charge in [-0.05, 0) is 85.1 Å². The van der Waals surface area contributed by atoms with Crippen molar-refractivity contribution in [3.8, 4) is 0 Å². The fraction of sp³-hybridized carbons (Fsp3) is 0.459.